The van der Waals surface area contributed by atoms with Crippen LogP contribution in [0.5, 0.6) is 5.75 Å². The molecule has 0 spiro atoms. The summed E-state index contributed by atoms with van der Waals surface area (Å²) in [5.41, 5.74) is 6.48. The molecule has 0 saturated heterocycles. The maximum Gasteiger partial charge on any atom is 0.156 e. The van der Waals surface area contributed by atoms with Crippen LogP contribution in [0.25, 0.3) is 38.9 Å². The number of rotatable bonds is 4. The molecule has 0 aliphatic heterocycles. The largest absolute Gasteiger partial charge is 0.496 e. The smallest absolute Gasteiger partial charge is 0.156 e. The predicted molar refractivity (Wildman–Crippen MR) is 124 cm³/mol. The molecular weight excluding hydrogens is 402 g/mol. The van der Waals surface area contributed by atoms with Crippen molar-refractivity contribution in [3.8, 4) is 22.8 Å². The van der Waals surface area contributed by atoms with Crippen LogP contribution in [-0.4, -0.2) is 41.6 Å². The third kappa shape index (κ3) is 3.02. The van der Waals surface area contributed by atoms with E-state index in [2.05, 4.69) is 29.0 Å². The van der Waals surface area contributed by atoms with E-state index >= 15 is 0 Å². The van der Waals surface area contributed by atoms with E-state index in [0.29, 0.717) is 0 Å². The summed E-state index contributed by atoms with van der Waals surface area (Å²) in [6.45, 7) is 8.32. The van der Waals surface area contributed by atoms with Crippen LogP contribution in [0.3, 0.4) is 0 Å². The van der Waals surface area contributed by atoms with Crippen molar-refractivity contribution in [2.24, 2.45) is 7.05 Å². The van der Waals surface area contributed by atoms with Crippen molar-refractivity contribution in [1.82, 2.24) is 34.5 Å². The van der Waals surface area contributed by atoms with Crippen molar-refractivity contribution in [2.45, 2.75) is 33.6 Å². The van der Waals surface area contributed by atoms with E-state index in [1.54, 1.807) is 19.5 Å². The number of nitrogens with zero attached hydrogens (tertiary/aromatic N) is 7. The molecule has 0 aliphatic carbocycles. The van der Waals surface area contributed by atoms with Crippen LogP contribution in [-0.2, 0) is 7.05 Å². The average molecular weight is 428 g/mol. The van der Waals surface area contributed by atoms with E-state index in [4.69, 9.17) is 14.7 Å². The Bertz CT molecular complexity index is 1480. The van der Waals surface area contributed by atoms with Crippen LogP contribution in [0.1, 0.15) is 36.8 Å². The first-order valence-electron chi connectivity index (χ1n) is 10.6. The predicted octanol–water partition coefficient (Wildman–Crippen LogP) is 4.51. The standard InChI is InChI=1S/C24H25N7O/c1-13(2)24-23-15(4)29-30(5)20(23)10-22(28-24)31-19-9-18(27-14(3)16(19)12-26-31)17-11-25-8-7-21(17)32-6/h7-13H,1-6H3. The molecule has 5 aromatic rings. The fourth-order valence-electron chi connectivity index (χ4n) is 4.27. The lowest BCUT2D eigenvalue weighted by Crippen LogP contribution is -2.05. The van der Waals surface area contributed by atoms with E-state index in [1.165, 1.54) is 0 Å². The molecule has 162 valence electrons. The molecular formula is C24H25N7O. The molecule has 5 heterocycles. The third-order valence-corrected chi connectivity index (χ3v) is 5.82. The second-order valence-electron chi connectivity index (χ2n) is 8.28. The normalized spacial score (nSPS) is 11.7. The number of hydrogen-bond acceptors (Lipinski definition) is 6. The Hall–Kier alpha value is -3.81. The molecule has 0 aromatic carbocycles. The van der Waals surface area contributed by atoms with Gasteiger partial charge in [-0.25, -0.2) is 9.67 Å². The van der Waals surface area contributed by atoms with Gasteiger partial charge in [-0.3, -0.25) is 14.6 Å². The van der Waals surface area contributed by atoms with E-state index in [-0.39, 0.29) is 5.92 Å². The monoisotopic (exact) mass is 427 g/mol. The SMILES string of the molecule is COc1ccncc1-c1cc2c(cnn2-c2cc3c(c(C)nn3C)c(C(C)C)n2)c(C)n1. The first-order chi connectivity index (χ1) is 15.4. The Balaban J connectivity index is 1.78. The Morgan fingerprint density at radius 3 is 2.56 bits per heavy atom. The minimum atomic E-state index is 0.251. The van der Waals surface area contributed by atoms with Crippen molar-refractivity contribution < 1.29 is 4.74 Å². The number of pyridine rings is 3. The van der Waals surface area contributed by atoms with Gasteiger partial charge in [-0.05, 0) is 31.9 Å². The van der Waals surface area contributed by atoms with Crippen molar-refractivity contribution in [3.63, 3.8) is 0 Å². The van der Waals surface area contributed by atoms with Crippen LogP contribution in [0, 0.1) is 13.8 Å². The van der Waals surface area contributed by atoms with Crippen molar-refractivity contribution in [1.29, 1.82) is 0 Å². The number of methoxy groups -OCH3 is 1. The first kappa shape index (κ1) is 20.1. The molecule has 0 aliphatic rings. The zero-order chi connectivity index (χ0) is 22.6. The summed E-state index contributed by atoms with van der Waals surface area (Å²) < 4.78 is 9.32. The lowest BCUT2D eigenvalue weighted by molar-refractivity contribution is 0.416. The van der Waals surface area contributed by atoms with E-state index in [9.17, 15) is 0 Å². The molecule has 32 heavy (non-hydrogen) atoms. The van der Waals surface area contributed by atoms with Gasteiger partial charge in [-0.1, -0.05) is 13.8 Å². The minimum absolute atomic E-state index is 0.251. The highest BCUT2D eigenvalue weighted by molar-refractivity contribution is 5.89. The summed E-state index contributed by atoms with van der Waals surface area (Å²) in [7, 11) is 3.61. The number of aromatic nitrogens is 7. The zero-order valence-electron chi connectivity index (χ0n) is 19.1. The zero-order valence-corrected chi connectivity index (χ0v) is 19.1. The van der Waals surface area contributed by atoms with Crippen LogP contribution < -0.4 is 4.74 Å². The van der Waals surface area contributed by atoms with E-state index in [0.717, 1.165) is 61.7 Å². The molecule has 0 radical (unpaired) electrons. The second-order valence-corrected chi connectivity index (χ2v) is 8.28. The summed E-state index contributed by atoms with van der Waals surface area (Å²) in [6.07, 6.45) is 5.32. The number of fused-ring (bicyclic) bond motifs is 2. The molecule has 0 amide bonds. The molecule has 0 fully saturated rings. The summed E-state index contributed by atoms with van der Waals surface area (Å²) in [4.78, 5) is 14.1. The molecule has 5 aromatic heterocycles. The van der Waals surface area contributed by atoms with Gasteiger partial charge in [0.2, 0.25) is 0 Å². The van der Waals surface area contributed by atoms with Gasteiger partial charge in [0.15, 0.2) is 5.82 Å². The number of ether oxygens (including phenoxy) is 1. The number of aryl methyl sites for hydroxylation is 3. The van der Waals surface area contributed by atoms with Gasteiger partial charge in [-0.2, -0.15) is 10.2 Å². The average Bonchev–Trinajstić information content (AvgIpc) is 3.34. The Labute approximate surface area is 185 Å². The van der Waals surface area contributed by atoms with Gasteiger partial charge in [0.05, 0.1) is 47.0 Å². The Morgan fingerprint density at radius 2 is 1.81 bits per heavy atom. The van der Waals surface area contributed by atoms with Crippen molar-refractivity contribution >= 4 is 21.8 Å². The van der Waals surface area contributed by atoms with Crippen molar-refractivity contribution in [2.75, 3.05) is 7.11 Å². The molecule has 0 unspecified atom stereocenters. The molecule has 0 N–H and O–H groups in total. The van der Waals surface area contributed by atoms with Crippen LogP contribution in [0.15, 0.2) is 36.8 Å². The number of hydrogen-bond donors (Lipinski definition) is 0. The molecule has 5 rings (SSSR count). The summed E-state index contributed by atoms with van der Waals surface area (Å²) in [5, 5.41) is 11.4. The molecule has 0 atom stereocenters. The van der Waals surface area contributed by atoms with Gasteiger partial charge < -0.3 is 4.74 Å². The second kappa shape index (κ2) is 7.40. The lowest BCUT2D eigenvalue weighted by Gasteiger charge is -2.12. The van der Waals surface area contributed by atoms with Gasteiger partial charge in [-0.15, -0.1) is 0 Å². The quantitative estimate of drug-likeness (QED) is 0.420. The van der Waals surface area contributed by atoms with Gasteiger partial charge in [0.1, 0.15) is 5.75 Å². The van der Waals surface area contributed by atoms with Gasteiger partial charge in [0.25, 0.3) is 0 Å². The highest BCUT2D eigenvalue weighted by Crippen LogP contribution is 2.33. The van der Waals surface area contributed by atoms with Crippen molar-refractivity contribution in [3.05, 3.63) is 53.9 Å². The van der Waals surface area contributed by atoms with Crippen LogP contribution in [0.4, 0.5) is 0 Å². The topological polar surface area (TPSA) is 83.5 Å². The summed E-state index contributed by atoms with van der Waals surface area (Å²) in [6, 6.07) is 5.90. The highest BCUT2D eigenvalue weighted by Gasteiger charge is 2.19. The highest BCUT2D eigenvalue weighted by atomic mass is 16.5. The van der Waals surface area contributed by atoms with Gasteiger partial charge >= 0.3 is 0 Å². The van der Waals surface area contributed by atoms with E-state index in [1.807, 2.05) is 54.7 Å². The third-order valence-electron chi connectivity index (χ3n) is 5.82. The van der Waals surface area contributed by atoms with E-state index < -0.39 is 0 Å². The molecule has 8 heteroatoms. The lowest BCUT2D eigenvalue weighted by atomic mass is 10.0. The fraction of sp³-hybridized carbons (Fsp3) is 0.292. The minimum Gasteiger partial charge on any atom is -0.496 e. The van der Waals surface area contributed by atoms with Crippen LogP contribution >= 0.6 is 0 Å². The molecule has 0 bridgehead atoms. The van der Waals surface area contributed by atoms with Gasteiger partial charge in [0, 0.05) is 42.0 Å². The van der Waals surface area contributed by atoms with Crippen LogP contribution in [0.2, 0.25) is 0 Å². The fourth-order valence-corrected chi connectivity index (χ4v) is 4.27. The maximum atomic E-state index is 5.53. The Morgan fingerprint density at radius 1 is 1.00 bits per heavy atom. The summed E-state index contributed by atoms with van der Waals surface area (Å²) >= 11 is 0. The molecule has 0 saturated carbocycles. The maximum absolute atomic E-state index is 5.53. The molecule has 8 nitrogen and oxygen atoms in total. The Kier molecular flexibility index (Phi) is 4.65. The summed E-state index contributed by atoms with van der Waals surface area (Å²) in [5.74, 6) is 1.74. The first-order valence-corrected chi connectivity index (χ1v) is 10.6.